The summed E-state index contributed by atoms with van der Waals surface area (Å²) in [6.07, 6.45) is 3.30. The van der Waals surface area contributed by atoms with E-state index in [1.807, 2.05) is 36.4 Å². The van der Waals surface area contributed by atoms with Gasteiger partial charge in [0.25, 0.3) is 11.8 Å². The van der Waals surface area contributed by atoms with Crippen molar-refractivity contribution in [2.45, 2.75) is 13.5 Å². The van der Waals surface area contributed by atoms with Crippen LogP contribution in [0.2, 0.25) is 0 Å². The van der Waals surface area contributed by atoms with Crippen LogP contribution < -0.4 is 4.90 Å². The topological polar surface area (TPSA) is 83.5 Å². The average Bonchev–Trinajstić information content (AvgIpc) is 3.33. The number of anilines is 2. The molecule has 35 heavy (non-hydrogen) atoms. The predicted molar refractivity (Wildman–Crippen MR) is 135 cm³/mol. The molecule has 0 unspecified atom stereocenters. The molecule has 172 valence electrons. The summed E-state index contributed by atoms with van der Waals surface area (Å²) in [6.45, 7) is 1.55. The first kappa shape index (κ1) is 22.4. The van der Waals surface area contributed by atoms with Gasteiger partial charge in [-0.05, 0) is 36.4 Å². The molecule has 3 amide bonds. The van der Waals surface area contributed by atoms with Gasteiger partial charge in [-0.2, -0.15) is 0 Å². The molecule has 2 aromatic carbocycles. The van der Waals surface area contributed by atoms with E-state index >= 15 is 0 Å². The van der Waals surface area contributed by atoms with Gasteiger partial charge in [0.2, 0.25) is 5.91 Å². The van der Waals surface area contributed by atoms with Crippen molar-refractivity contribution in [1.82, 2.24) is 14.9 Å². The SMILES string of the molecule is CC(=O)N(c1ccccc1)c1nc(/C=C2\C(=O)N(Cc3ccccn3)C(=O)c3ccccc32)cs1. The molecule has 0 aliphatic carbocycles. The molecule has 0 fully saturated rings. The standard InChI is InChI=1S/C27H20N4O3S/c1-18(32)31(21-10-3-2-4-11-21)27-29-20(17-35-27)15-24-22-12-5-6-13-23(22)25(33)30(26(24)34)16-19-9-7-8-14-28-19/h2-15,17H,16H2,1H3/b24-15-. The molecule has 1 aliphatic rings. The minimum Gasteiger partial charge on any atom is -0.274 e. The number of nitrogens with zero attached hydrogens (tertiary/aromatic N) is 4. The summed E-state index contributed by atoms with van der Waals surface area (Å²) < 4.78 is 0. The fourth-order valence-corrected chi connectivity index (χ4v) is 4.78. The molecule has 0 atom stereocenters. The van der Waals surface area contributed by atoms with Gasteiger partial charge in [-0.25, -0.2) is 4.98 Å². The molecule has 0 spiro atoms. The second kappa shape index (κ2) is 9.44. The number of imide groups is 1. The molecule has 5 rings (SSSR count). The number of pyridine rings is 1. The number of aromatic nitrogens is 2. The molecule has 3 heterocycles. The Morgan fingerprint density at radius 1 is 0.943 bits per heavy atom. The molecule has 0 bridgehead atoms. The lowest BCUT2D eigenvalue weighted by atomic mass is 9.92. The number of fused-ring (bicyclic) bond motifs is 1. The maximum absolute atomic E-state index is 13.5. The van der Waals surface area contributed by atoms with Gasteiger partial charge in [-0.15, -0.1) is 11.3 Å². The number of rotatable bonds is 5. The molecule has 0 radical (unpaired) electrons. The highest BCUT2D eigenvalue weighted by Gasteiger charge is 2.35. The van der Waals surface area contributed by atoms with Gasteiger partial charge in [0.15, 0.2) is 5.13 Å². The third-order valence-corrected chi connectivity index (χ3v) is 6.38. The summed E-state index contributed by atoms with van der Waals surface area (Å²) >= 11 is 1.30. The summed E-state index contributed by atoms with van der Waals surface area (Å²) in [6, 6.07) is 21.7. The molecule has 0 N–H and O–H groups in total. The molecule has 2 aromatic heterocycles. The van der Waals surface area contributed by atoms with Crippen molar-refractivity contribution in [2.24, 2.45) is 0 Å². The Bertz CT molecular complexity index is 1450. The predicted octanol–water partition coefficient (Wildman–Crippen LogP) is 4.95. The second-order valence-electron chi connectivity index (χ2n) is 7.87. The van der Waals surface area contributed by atoms with E-state index in [2.05, 4.69) is 9.97 Å². The highest BCUT2D eigenvalue weighted by atomic mass is 32.1. The summed E-state index contributed by atoms with van der Waals surface area (Å²) in [5, 5.41) is 2.28. The van der Waals surface area contributed by atoms with E-state index in [1.165, 1.54) is 28.1 Å². The lowest BCUT2D eigenvalue weighted by Gasteiger charge is -2.28. The molecule has 0 saturated heterocycles. The van der Waals surface area contributed by atoms with Crippen LogP contribution in [0.25, 0.3) is 11.6 Å². The van der Waals surface area contributed by atoms with E-state index < -0.39 is 5.91 Å². The molecule has 1 aliphatic heterocycles. The van der Waals surface area contributed by atoms with E-state index in [4.69, 9.17) is 0 Å². The van der Waals surface area contributed by atoms with Crippen molar-refractivity contribution in [1.29, 1.82) is 0 Å². The van der Waals surface area contributed by atoms with E-state index in [0.29, 0.717) is 38.9 Å². The zero-order valence-corrected chi connectivity index (χ0v) is 19.6. The molecule has 4 aromatic rings. The first-order valence-corrected chi connectivity index (χ1v) is 11.8. The summed E-state index contributed by atoms with van der Waals surface area (Å²) in [4.78, 5) is 50.6. The van der Waals surface area contributed by atoms with E-state index in [-0.39, 0.29) is 18.4 Å². The van der Waals surface area contributed by atoms with Crippen molar-refractivity contribution in [3.05, 3.63) is 107 Å². The zero-order valence-electron chi connectivity index (χ0n) is 18.8. The summed E-state index contributed by atoms with van der Waals surface area (Å²) in [5.41, 5.74) is 3.21. The van der Waals surface area contributed by atoms with Gasteiger partial charge < -0.3 is 0 Å². The van der Waals surface area contributed by atoms with Gasteiger partial charge in [0, 0.05) is 29.6 Å². The van der Waals surface area contributed by atoms with Crippen LogP contribution in [0.4, 0.5) is 10.8 Å². The van der Waals surface area contributed by atoms with E-state index in [1.54, 1.807) is 54.1 Å². The Morgan fingerprint density at radius 3 is 2.37 bits per heavy atom. The van der Waals surface area contributed by atoms with E-state index in [9.17, 15) is 14.4 Å². The Balaban J connectivity index is 1.54. The maximum Gasteiger partial charge on any atom is 0.261 e. The number of thiazole rings is 1. The smallest absolute Gasteiger partial charge is 0.261 e. The van der Waals surface area contributed by atoms with Crippen LogP contribution in [-0.4, -0.2) is 32.6 Å². The fraction of sp³-hybridized carbons (Fsp3) is 0.0741. The van der Waals surface area contributed by atoms with Gasteiger partial charge >= 0.3 is 0 Å². The largest absolute Gasteiger partial charge is 0.274 e. The highest BCUT2D eigenvalue weighted by Crippen LogP contribution is 2.33. The summed E-state index contributed by atoms with van der Waals surface area (Å²) in [5.74, 6) is -0.949. The van der Waals surface area contributed by atoms with Crippen molar-refractivity contribution < 1.29 is 14.4 Å². The third-order valence-electron chi connectivity index (χ3n) is 5.54. The molecule has 7 nitrogen and oxygen atoms in total. The number of para-hydroxylation sites is 1. The molecular weight excluding hydrogens is 460 g/mol. The Labute approximate surface area is 206 Å². The molecular formula is C27H20N4O3S. The second-order valence-corrected chi connectivity index (χ2v) is 8.70. The van der Waals surface area contributed by atoms with Gasteiger partial charge in [-0.3, -0.25) is 29.2 Å². The molecule has 8 heteroatoms. The minimum absolute atomic E-state index is 0.0681. The quantitative estimate of drug-likeness (QED) is 0.298. The molecule has 0 saturated carbocycles. The number of hydrogen-bond donors (Lipinski definition) is 0. The first-order valence-electron chi connectivity index (χ1n) is 10.9. The van der Waals surface area contributed by atoms with Crippen LogP contribution in [0.3, 0.4) is 0 Å². The first-order chi connectivity index (χ1) is 17.0. The zero-order chi connectivity index (χ0) is 24.4. The van der Waals surface area contributed by atoms with Crippen LogP contribution >= 0.6 is 11.3 Å². The number of benzene rings is 2. The lowest BCUT2D eigenvalue weighted by molar-refractivity contribution is -0.123. The van der Waals surface area contributed by atoms with Gasteiger partial charge in [-0.1, -0.05) is 42.5 Å². The van der Waals surface area contributed by atoms with Crippen LogP contribution in [0, 0.1) is 0 Å². The summed E-state index contributed by atoms with van der Waals surface area (Å²) in [7, 11) is 0. The van der Waals surface area contributed by atoms with Crippen molar-refractivity contribution in [3.63, 3.8) is 0 Å². The number of carbonyl (C=O) groups excluding carboxylic acids is 3. The van der Waals surface area contributed by atoms with Crippen LogP contribution in [0.15, 0.2) is 84.4 Å². The van der Waals surface area contributed by atoms with Crippen LogP contribution in [0.5, 0.6) is 0 Å². The third kappa shape index (κ3) is 4.39. The maximum atomic E-state index is 13.5. The minimum atomic E-state index is -0.416. The van der Waals surface area contributed by atoms with E-state index in [0.717, 1.165) is 0 Å². The van der Waals surface area contributed by atoms with Crippen molar-refractivity contribution in [2.75, 3.05) is 4.90 Å². The Hall–Kier alpha value is -4.43. The highest BCUT2D eigenvalue weighted by molar-refractivity contribution is 7.14. The average molecular weight is 481 g/mol. The lowest BCUT2D eigenvalue weighted by Crippen LogP contribution is -2.41. The number of carbonyl (C=O) groups is 3. The van der Waals surface area contributed by atoms with Gasteiger partial charge in [0.05, 0.1) is 29.2 Å². The Morgan fingerprint density at radius 2 is 1.66 bits per heavy atom. The van der Waals surface area contributed by atoms with Crippen molar-refractivity contribution >= 4 is 51.5 Å². The normalized spacial score (nSPS) is 14.2. The Kier molecular flexibility index (Phi) is 6.03. The van der Waals surface area contributed by atoms with Gasteiger partial charge in [0.1, 0.15) is 0 Å². The monoisotopic (exact) mass is 480 g/mol. The number of amides is 3. The fourth-order valence-electron chi connectivity index (χ4n) is 3.94. The number of hydrogen-bond acceptors (Lipinski definition) is 6. The van der Waals surface area contributed by atoms with Crippen LogP contribution in [-0.2, 0) is 16.1 Å². The van der Waals surface area contributed by atoms with Crippen LogP contribution in [0.1, 0.15) is 34.2 Å². The van der Waals surface area contributed by atoms with Crippen molar-refractivity contribution in [3.8, 4) is 0 Å².